The van der Waals surface area contributed by atoms with Gasteiger partial charge in [-0.2, -0.15) is 13.2 Å². The zero-order valence-electron chi connectivity index (χ0n) is 11.9. The van der Waals surface area contributed by atoms with E-state index < -0.39 is 11.7 Å². The van der Waals surface area contributed by atoms with Crippen LogP contribution in [0.15, 0.2) is 24.3 Å². The minimum absolute atomic E-state index is 0.0806. The number of benzene rings is 1. The highest BCUT2D eigenvalue weighted by molar-refractivity contribution is 5.28. The molecule has 1 aliphatic carbocycles. The molecule has 0 spiro atoms. The van der Waals surface area contributed by atoms with E-state index in [1.165, 1.54) is 31.4 Å². The summed E-state index contributed by atoms with van der Waals surface area (Å²) >= 11 is 0. The van der Waals surface area contributed by atoms with Gasteiger partial charge in [-0.05, 0) is 44.6 Å². The van der Waals surface area contributed by atoms with Crippen molar-refractivity contribution in [3.8, 4) is 0 Å². The zero-order chi connectivity index (χ0) is 14.8. The second-order valence-corrected chi connectivity index (χ2v) is 5.49. The Labute approximate surface area is 118 Å². The molecule has 1 fully saturated rings. The Balaban J connectivity index is 2.10. The van der Waals surface area contributed by atoms with Crippen LogP contribution in [0.5, 0.6) is 0 Å². The van der Waals surface area contributed by atoms with Crippen molar-refractivity contribution in [3.05, 3.63) is 35.4 Å². The highest BCUT2D eigenvalue weighted by Gasteiger charge is 2.31. The normalized spacial score (nSPS) is 18.1. The third-order valence-corrected chi connectivity index (χ3v) is 4.13. The summed E-state index contributed by atoms with van der Waals surface area (Å²) in [7, 11) is 3.83. The van der Waals surface area contributed by atoms with E-state index in [1.54, 1.807) is 13.1 Å². The molecule has 0 radical (unpaired) electrons. The van der Waals surface area contributed by atoms with Crippen molar-refractivity contribution >= 4 is 0 Å². The van der Waals surface area contributed by atoms with Crippen molar-refractivity contribution in [1.29, 1.82) is 0 Å². The fourth-order valence-corrected chi connectivity index (χ4v) is 2.56. The Hall–Kier alpha value is -1.07. The van der Waals surface area contributed by atoms with Crippen LogP contribution in [0.3, 0.4) is 0 Å². The largest absolute Gasteiger partial charge is 0.416 e. The lowest BCUT2D eigenvalue weighted by Crippen LogP contribution is -2.41. The van der Waals surface area contributed by atoms with Gasteiger partial charge in [-0.15, -0.1) is 0 Å². The highest BCUT2D eigenvalue weighted by atomic mass is 19.4. The number of hydrogen-bond acceptors (Lipinski definition) is 2. The van der Waals surface area contributed by atoms with Crippen molar-refractivity contribution in [2.24, 2.45) is 0 Å². The molecule has 1 aromatic rings. The summed E-state index contributed by atoms with van der Waals surface area (Å²) in [5.41, 5.74) is 0.107. The van der Waals surface area contributed by atoms with E-state index >= 15 is 0 Å². The van der Waals surface area contributed by atoms with Gasteiger partial charge in [0.2, 0.25) is 0 Å². The highest BCUT2D eigenvalue weighted by Crippen LogP contribution is 2.31. The first-order valence-electron chi connectivity index (χ1n) is 6.96. The summed E-state index contributed by atoms with van der Waals surface area (Å²) < 4.78 is 38.3. The van der Waals surface area contributed by atoms with Crippen LogP contribution in [0.2, 0.25) is 0 Å². The second-order valence-electron chi connectivity index (χ2n) is 5.49. The van der Waals surface area contributed by atoms with E-state index in [2.05, 4.69) is 10.2 Å². The van der Waals surface area contributed by atoms with Crippen LogP contribution < -0.4 is 5.32 Å². The van der Waals surface area contributed by atoms with Gasteiger partial charge in [0.1, 0.15) is 0 Å². The molecule has 0 saturated heterocycles. The van der Waals surface area contributed by atoms with E-state index in [0.29, 0.717) is 11.6 Å². The van der Waals surface area contributed by atoms with Crippen LogP contribution in [0.25, 0.3) is 0 Å². The van der Waals surface area contributed by atoms with Crippen molar-refractivity contribution in [3.63, 3.8) is 0 Å². The van der Waals surface area contributed by atoms with Crippen LogP contribution in [-0.4, -0.2) is 31.6 Å². The Bertz CT molecular complexity index is 441. The molecule has 0 heterocycles. The van der Waals surface area contributed by atoms with Crippen molar-refractivity contribution in [1.82, 2.24) is 10.2 Å². The van der Waals surface area contributed by atoms with E-state index in [1.807, 2.05) is 7.05 Å². The number of alkyl halides is 3. The maximum absolute atomic E-state index is 12.8. The van der Waals surface area contributed by atoms with Crippen LogP contribution in [0.1, 0.15) is 36.4 Å². The maximum Gasteiger partial charge on any atom is 0.416 e. The van der Waals surface area contributed by atoms with Gasteiger partial charge in [-0.1, -0.05) is 18.6 Å². The molecule has 5 heteroatoms. The molecule has 2 rings (SSSR count). The number of rotatable bonds is 5. The summed E-state index contributed by atoms with van der Waals surface area (Å²) in [6, 6.07) is 6.10. The first-order chi connectivity index (χ1) is 9.41. The zero-order valence-corrected chi connectivity index (χ0v) is 11.9. The molecule has 20 heavy (non-hydrogen) atoms. The summed E-state index contributed by atoms with van der Waals surface area (Å²) in [6.45, 7) is 0.725. The number of halogens is 3. The maximum atomic E-state index is 12.8. The predicted octanol–water partition coefficient (Wildman–Crippen LogP) is 3.45. The topological polar surface area (TPSA) is 15.3 Å². The Morgan fingerprint density at radius 2 is 2.05 bits per heavy atom. The summed E-state index contributed by atoms with van der Waals surface area (Å²) in [5.74, 6) is 0. The Morgan fingerprint density at radius 3 is 2.55 bits per heavy atom. The molecule has 0 aliphatic heterocycles. The van der Waals surface area contributed by atoms with Gasteiger partial charge in [0.25, 0.3) is 0 Å². The summed E-state index contributed by atoms with van der Waals surface area (Å²) in [6.07, 6.45) is -0.651. The van der Waals surface area contributed by atoms with Crippen molar-refractivity contribution in [2.45, 2.75) is 37.5 Å². The fraction of sp³-hybridized carbons (Fsp3) is 0.600. The van der Waals surface area contributed by atoms with E-state index in [-0.39, 0.29) is 6.04 Å². The molecule has 1 N–H and O–H groups in total. The molecule has 1 unspecified atom stereocenters. The standard InChI is InChI=1S/C15H21F3N2/c1-19-14(10-20(2)13-7-4-8-13)11-5-3-6-12(9-11)15(16,17)18/h3,5-6,9,13-14,19H,4,7-8,10H2,1-2H3. The van der Waals surface area contributed by atoms with Crippen LogP contribution in [0.4, 0.5) is 13.2 Å². The van der Waals surface area contributed by atoms with Crippen LogP contribution in [0, 0.1) is 0 Å². The molecular formula is C15H21F3N2. The van der Waals surface area contributed by atoms with E-state index in [4.69, 9.17) is 0 Å². The molecule has 1 atom stereocenters. The molecule has 1 aliphatic rings. The van der Waals surface area contributed by atoms with Crippen molar-refractivity contribution in [2.75, 3.05) is 20.6 Å². The molecule has 0 aromatic heterocycles. The summed E-state index contributed by atoms with van der Waals surface area (Å²) in [5, 5.41) is 3.12. The average molecular weight is 286 g/mol. The third-order valence-electron chi connectivity index (χ3n) is 4.13. The van der Waals surface area contributed by atoms with Gasteiger partial charge in [-0.25, -0.2) is 0 Å². The molecule has 2 nitrogen and oxygen atoms in total. The third kappa shape index (κ3) is 3.52. The molecule has 0 amide bonds. The molecule has 1 saturated carbocycles. The van der Waals surface area contributed by atoms with Crippen LogP contribution in [-0.2, 0) is 6.18 Å². The minimum Gasteiger partial charge on any atom is -0.312 e. The number of likely N-dealkylation sites (N-methyl/N-ethyl adjacent to an activating group) is 2. The lowest BCUT2D eigenvalue weighted by molar-refractivity contribution is -0.137. The van der Waals surface area contributed by atoms with Gasteiger partial charge >= 0.3 is 6.18 Å². The van der Waals surface area contributed by atoms with Gasteiger partial charge in [0.05, 0.1) is 5.56 Å². The smallest absolute Gasteiger partial charge is 0.312 e. The number of hydrogen-bond donors (Lipinski definition) is 1. The lowest BCUT2D eigenvalue weighted by Gasteiger charge is -2.37. The molecule has 1 aromatic carbocycles. The predicted molar refractivity (Wildman–Crippen MR) is 73.5 cm³/mol. The number of nitrogens with one attached hydrogen (secondary N) is 1. The van der Waals surface area contributed by atoms with Gasteiger partial charge in [0.15, 0.2) is 0 Å². The van der Waals surface area contributed by atoms with Gasteiger partial charge < -0.3 is 10.2 Å². The summed E-state index contributed by atoms with van der Waals surface area (Å²) in [4.78, 5) is 2.24. The van der Waals surface area contributed by atoms with Crippen molar-refractivity contribution < 1.29 is 13.2 Å². The monoisotopic (exact) mass is 286 g/mol. The van der Waals surface area contributed by atoms with E-state index in [9.17, 15) is 13.2 Å². The Kier molecular flexibility index (Phi) is 4.70. The van der Waals surface area contributed by atoms with Gasteiger partial charge in [-0.3, -0.25) is 0 Å². The minimum atomic E-state index is -4.28. The molecular weight excluding hydrogens is 265 g/mol. The fourth-order valence-electron chi connectivity index (χ4n) is 2.56. The first kappa shape index (κ1) is 15.3. The number of nitrogens with zero attached hydrogens (tertiary/aromatic N) is 1. The molecule has 0 bridgehead atoms. The van der Waals surface area contributed by atoms with Gasteiger partial charge in [0, 0.05) is 18.6 Å². The van der Waals surface area contributed by atoms with Crippen LogP contribution >= 0.6 is 0 Å². The first-order valence-corrected chi connectivity index (χ1v) is 6.96. The van der Waals surface area contributed by atoms with E-state index in [0.717, 1.165) is 12.6 Å². The molecule has 112 valence electrons. The lowest BCUT2D eigenvalue weighted by atomic mass is 9.91. The quantitative estimate of drug-likeness (QED) is 0.892. The Morgan fingerprint density at radius 1 is 1.35 bits per heavy atom. The SMILES string of the molecule is CNC(CN(C)C1CCC1)c1cccc(C(F)(F)F)c1. The average Bonchev–Trinajstić information content (AvgIpc) is 2.33. The second kappa shape index (κ2) is 6.14.